The number of hydrogen-bond donors (Lipinski definition) is 3. The predicted molar refractivity (Wildman–Crippen MR) is 119 cm³/mol. The van der Waals surface area contributed by atoms with Crippen LogP contribution in [0.25, 0.3) is 0 Å². The number of H-pyrrole nitrogens is 1. The van der Waals surface area contributed by atoms with E-state index in [0.717, 1.165) is 47.1 Å². The minimum absolute atomic E-state index is 0.164. The summed E-state index contributed by atoms with van der Waals surface area (Å²) in [4.78, 5) is 30.4. The molecular weight excluding hydrogens is 412 g/mol. The summed E-state index contributed by atoms with van der Waals surface area (Å²) in [6.07, 6.45) is 3.25. The van der Waals surface area contributed by atoms with E-state index >= 15 is 0 Å². The second-order valence-electron chi connectivity index (χ2n) is 7.46. The molecule has 9 heteroatoms. The fourth-order valence-electron chi connectivity index (χ4n) is 3.69. The maximum absolute atomic E-state index is 12.7. The summed E-state index contributed by atoms with van der Waals surface area (Å²) in [5.74, 6) is 0.300. The van der Waals surface area contributed by atoms with Crippen molar-refractivity contribution in [2.24, 2.45) is 5.73 Å². The van der Waals surface area contributed by atoms with Gasteiger partial charge in [0.1, 0.15) is 6.33 Å². The van der Waals surface area contributed by atoms with E-state index in [9.17, 15) is 9.59 Å². The Hall–Kier alpha value is -3.17. The van der Waals surface area contributed by atoms with Gasteiger partial charge in [0.15, 0.2) is 5.16 Å². The summed E-state index contributed by atoms with van der Waals surface area (Å²) in [5.41, 5.74) is 8.95. The molecule has 0 saturated carbocycles. The minimum Gasteiger partial charge on any atom is -0.368 e. The standard InChI is InChI=1S/C22H24N6O2S/c23-20(29)19-5-2-10-28(19)12-16-3-1-4-18(11-16)26-21(30)17-8-6-15(7-9-17)13-31-22-24-14-25-27-22/h1,3-4,6-9,11,14,19H,2,5,10,12-13H2,(H2,23,29)(H,26,30)(H,24,25,27). The lowest BCUT2D eigenvalue weighted by molar-refractivity contribution is -0.122. The third-order valence-corrected chi connectivity index (χ3v) is 6.20. The number of primary amides is 1. The first-order valence-electron chi connectivity index (χ1n) is 10.1. The van der Waals surface area contributed by atoms with E-state index in [-0.39, 0.29) is 17.9 Å². The normalized spacial score (nSPS) is 16.3. The van der Waals surface area contributed by atoms with E-state index < -0.39 is 0 Å². The Bertz CT molecular complexity index is 1040. The maximum atomic E-state index is 12.7. The van der Waals surface area contributed by atoms with Crippen LogP contribution < -0.4 is 11.1 Å². The number of aromatic amines is 1. The van der Waals surface area contributed by atoms with Crippen LogP contribution in [0.1, 0.15) is 34.3 Å². The molecule has 31 heavy (non-hydrogen) atoms. The molecule has 2 aromatic carbocycles. The Labute approximate surface area is 184 Å². The van der Waals surface area contributed by atoms with Gasteiger partial charge in [-0.1, -0.05) is 36.0 Å². The number of rotatable bonds is 8. The number of carbonyl (C=O) groups is 2. The Morgan fingerprint density at radius 3 is 2.77 bits per heavy atom. The number of benzene rings is 2. The molecule has 2 heterocycles. The topological polar surface area (TPSA) is 117 Å². The zero-order chi connectivity index (χ0) is 21.6. The lowest BCUT2D eigenvalue weighted by atomic mass is 10.1. The predicted octanol–water partition coefficient (Wildman–Crippen LogP) is 2.80. The lowest BCUT2D eigenvalue weighted by Crippen LogP contribution is -2.39. The van der Waals surface area contributed by atoms with Crippen molar-refractivity contribution in [3.63, 3.8) is 0 Å². The first-order valence-corrected chi connectivity index (χ1v) is 11.1. The summed E-state index contributed by atoms with van der Waals surface area (Å²) < 4.78 is 0. The molecular formula is C22H24N6O2S. The average Bonchev–Trinajstić information content (AvgIpc) is 3.45. The largest absolute Gasteiger partial charge is 0.368 e. The van der Waals surface area contributed by atoms with Crippen LogP contribution in [0.4, 0.5) is 5.69 Å². The SMILES string of the molecule is NC(=O)C1CCCN1Cc1cccc(NC(=O)c2ccc(CSc3ncn[nH]3)cc2)c1. The monoisotopic (exact) mass is 436 g/mol. The van der Waals surface area contributed by atoms with Gasteiger partial charge < -0.3 is 11.1 Å². The lowest BCUT2D eigenvalue weighted by Gasteiger charge is -2.22. The molecule has 8 nitrogen and oxygen atoms in total. The highest BCUT2D eigenvalue weighted by atomic mass is 32.2. The Balaban J connectivity index is 1.35. The summed E-state index contributed by atoms with van der Waals surface area (Å²) in [6.45, 7) is 1.49. The Morgan fingerprint density at radius 2 is 2.03 bits per heavy atom. The number of thioether (sulfide) groups is 1. The zero-order valence-electron chi connectivity index (χ0n) is 17.0. The molecule has 3 aromatic rings. The first-order chi connectivity index (χ1) is 15.1. The molecule has 0 spiro atoms. The third kappa shape index (κ3) is 5.50. The molecule has 0 radical (unpaired) electrons. The van der Waals surface area contributed by atoms with Crippen LogP contribution in [0.3, 0.4) is 0 Å². The molecule has 1 fully saturated rings. The number of nitrogens with zero attached hydrogens (tertiary/aromatic N) is 3. The van der Waals surface area contributed by atoms with Crippen molar-refractivity contribution in [1.82, 2.24) is 20.1 Å². The molecule has 1 atom stereocenters. The highest BCUT2D eigenvalue weighted by Crippen LogP contribution is 2.22. The maximum Gasteiger partial charge on any atom is 0.255 e. The highest BCUT2D eigenvalue weighted by molar-refractivity contribution is 7.98. The van der Waals surface area contributed by atoms with Crippen molar-refractivity contribution in [3.8, 4) is 0 Å². The number of amides is 2. The number of nitrogens with two attached hydrogens (primary N) is 1. The van der Waals surface area contributed by atoms with Crippen LogP contribution in [0.15, 0.2) is 60.0 Å². The number of hydrogen-bond acceptors (Lipinski definition) is 6. The fraction of sp³-hybridized carbons (Fsp3) is 0.273. The van der Waals surface area contributed by atoms with Crippen molar-refractivity contribution in [3.05, 3.63) is 71.5 Å². The fourth-order valence-corrected chi connectivity index (χ4v) is 4.43. The molecule has 160 valence electrons. The Kier molecular flexibility index (Phi) is 6.63. The summed E-state index contributed by atoms with van der Waals surface area (Å²) >= 11 is 1.55. The second kappa shape index (κ2) is 9.76. The molecule has 4 N–H and O–H groups in total. The molecule has 1 saturated heterocycles. The van der Waals surface area contributed by atoms with Gasteiger partial charge in [-0.25, -0.2) is 4.98 Å². The number of aromatic nitrogens is 3. The van der Waals surface area contributed by atoms with Gasteiger partial charge >= 0.3 is 0 Å². The van der Waals surface area contributed by atoms with Gasteiger partial charge in [0.05, 0.1) is 6.04 Å². The van der Waals surface area contributed by atoms with E-state index in [2.05, 4.69) is 25.4 Å². The number of likely N-dealkylation sites (tertiary alicyclic amines) is 1. The van der Waals surface area contributed by atoms with Gasteiger partial charge in [0.2, 0.25) is 5.91 Å². The molecule has 0 bridgehead atoms. The van der Waals surface area contributed by atoms with Crippen molar-refractivity contribution >= 4 is 29.3 Å². The van der Waals surface area contributed by atoms with Crippen molar-refractivity contribution < 1.29 is 9.59 Å². The first kappa shape index (κ1) is 21.1. The van der Waals surface area contributed by atoms with Crippen LogP contribution in [-0.2, 0) is 17.1 Å². The van der Waals surface area contributed by atoms with Crippen molar-refractivity contribution in [2.75, 3.05) is 11.9 Å². The molecule has 1 aliphatic rings. The van der Waals surface area contributed by atoms with E-state index in [4.69, 9.17) is 5.73 Å². The van der Waals surface area contributed by atoms with E-state index in [0.29, 0.717) is 12.1 Å². The number of anilines is 1. The van der Waals surface area contributed by atoms with Gasteiger partial charge in [-0.15, -0.1) is 0 Å². The van der Waals surface area contributed by atoms with Crippen LogP contribution in [0.5, 0.6) is 0 Å². The van der Waals surface area contributed by atoms with Gasteiger partial charge in [-0.2, -0.15) is 5.10 Å². The van der Waals surface area contributed by atoms with Crippen LogP contribution >= 0.6 is 11.8 Å². The van der Waals surface area contributed by atoms with Crippen molar-refractivity contribution in [1.29, 1.82) is 0 Å². The van der Waals surface area contributed by atoms with Crippen LogP contribution in [0.2, 0.25) is 0 Å². The summed E-state index contributed by atoms with van der Waals surface area (Å²) in [6, 6.07) is 15.0. The van der Waals surface area contributed by atoms with E-state index in [1.807, 2.05) is 48.5 Å². The van der Waals surface area contributed by atoms with Gasteiger partial charge in [-0.3, -0.25) is 19.6 Å². The molecule has 4 rings (SSSR count). The van der Waals surface area contributed by atoms with E-state index in [1.165, 1.54) is 6.33 Å². The average molecular weight is 437 g/mol. The quantitative estimate of drug-likeness (QED) is 0.468. The second-order valence-corrected chi connectivity index (χ2v) is 8.43. The number of nitrogens with one attached hydrogen (secondary N) is 2. The minimum atomic E-state index is -0.273. The summed E-state index contributed by atoms with van der Waals surface area (Å²) in [7, 11) is 0. The summed E-state index contributed by atoms with van der Waals surface area (Å²) in [5, 5.41) is 10.4. The van der Waals surface area contributed by atoms with E-state index in [1.54, 1.807) is 11.8 Å². The molecule has 0 aliphatic carbocycles. The molecule has 1 aromatic heterocycles. The van der Waals surface area contributed by atoms with Crippen LogP contribution in [0, 0.1) is 0 Å². The third-order valence-electron chi connectivity index (χ3n) is 5.25. The van der Waals surface area contributed by atoms with Gasteiger partial charge in [0, 0.05) is 23.5 Å². The van der Waals surface area contributed by atoms with Gasteiger partial charge in [0.25, 0.3) is 5.91 Å². The van der Waals surface area contributed by atoms with Crippen molar-refractivity contribution in [2.45, 2.75) is 36.3 Å². The molecule has 1 unspecified atom stereocenters. The van der Waals surface area contributed by atoms with Crippen LogP contribution in [-0.4, -0.2) is 44.5 Å². The highest BCUT2D eigenvalue weighted by Gasteiger charge is 2.28. The zero-order valence-corrected chi connectivity index (χ0v) is 17.8. The molecule has 2 amide bonds. The van der Waals surface area contributed by atoms with Gasteiger partial charge in [-0.05, 0) is 54.8 Å². The molecule has 1 aliphatic heterocycles. The number of carbonyl (C=O) groups excluding carboxylic acids is 2. The smallest absolute Gasteiger partial charge is 0.255 e. The Morgan fingerprint density at radius 1 is 1.19 bits per heavy atom.